The topological polar surface area (TPSA) is 90.0 Å². The van der Waals surface area contributed by atoms with Gasteiger partial charge in [0, 0.05) is 61.5 Å². The minimum atomic E-state index is -2.56. The SMILES string of the molecule is CN1CCC(CCCc2ccc(NC(=O)c3n[nH]c4ccc(-c5cncc(CN6CCC(F)(F)CC6)c5)cc34)cn2)CC1. The molecular weight excluding hydrogens is 548 g/mol. The van der Waals surface area contributed by atoms with Crippen molar-refractivity contribution in [1.29, 1.82) is 0 Å². The van der Waals surface area contributed by atoms with Crippen LogP contribution in [0.15, 0.2) is 55.0 Å². The molecule has 8 nitrogen and oxygen atoms in total. The van der Waals surface area contributed by atoms with Crippen LogP contribution >= 0.6 is 0 Å². The van der Waals surface area contributed by atoms with E-state index in [1.165, 1.54) is 32.4 Å². The second kappa shape index (κ2) is 12.9. The summed E-state index contributed by atoms with van der Waals surface area (Å²) in [6.45, 7) is 3.70. The van der Waals surface area contributed by atoms with Gasteiger partial charge >= 0.3 is 0 Å². The molecule has 43 heavy (non-hydrogen) atoms. The molecule has 1 amide bonds. The smallest absolute Gasteiger partial charge is 0.276 e. The van der Waals surface area contributed by atoms with Gasteiger partial charge in [-0.05, 0) is 99.6 Å². The van der Waals surface area contributed by atoms with E-state index in [1.54, 1.807) is 18.6 Å². The first-order valence-corrected chi connectivity index (χ1v) is 15.3. The molecule has 5 heterocycles. The minimum Gasteiger partial charge on any atom is -0.319 e. The number of aromatic amines is 1. The molecule has 1 aromatic carbocycles. The summed E-state index contributed by atoms with van der Waals surface area (Å²) in [7, 11) is 2.19. The molecule has 0 aliphatic carbocycles. The van der Waals surface area contributed by atoms with Gasteiger partial charge in [-0.3, -0.25) is 24.8 Å². The summed E-state index contributed by atoms with van der Waals surface area (Å²) in [4.78, 5) is 26.6. The molecule has 0 unspecified atom stereocenters. The van der Waals surface area contributed by atoms with E-state index in [2.05, 4.69) is 37.4 Å². The normalized spacial score (nSPS) is 18.2. The maximum atomic E-state index is 13.6. The third-order valence-corrected chi connectivity index (χ3v) is 8.87. The average Bonchev–Trinajstić information content (AvgIpc) is 3.44. The number of amides is 1. The number of anilines is 1. The fourth-order valence-electron chi connectivity index (χ4n) is 6.15. The van der Waals surface area contributed by atoms with Crippen LogP contribution in [0.25, 0.3) is 22.0 Å². The van der Waals surface area contributed by atoms with Crippen LogP contribution in [0, 0.1) is 5.92 Å². The van der Waals surface area contributed by atoms with Crippen molar-refractivity contribution in [3.05, 3.63) is 71.9 Å². The zero-order valence-corrected chi connectivity index (χ0v) is 24.7. The number of piperidine rings is 2. The van der Waals surface area contributed by atoms with Crippen molar-refractivity contribution in [3.63, 3.8) is 0 Å². The van der Waals surface area contributed by atoms with Crippen molar-refractivity contribution < 1.29 is 13.6 Å². The van der Waals surface area contributed by atoms with Crippen LogP contribution in [0.5, 0.6) is 0 Å². The van der Waals surface area contributed by atoms with Gasteiger partial charge in [0.1, 0.15) is 0 Å². The Hall–Kier alpha value is -3.76. The van der Waals surface area contributed by atoms with Crippen LogP contribution in [0.2, 0.25) is 0 Å². The summed E-state index contributed by atoms with van der Waals surface area (Å²) in [5, 5.41) is 10.9. The average molecular weight is 588 g/mol. The number of alkyl halides is 2. The van der Waals surface area contributed by atoms with Crippen LogP contribution in [0.1, 0.15) is 60.3 Å². The number of carbonyl (C=O) groups excluding carboxylic acids is 1. The highest BCUT2D eigenvalue weighted by Crippen LogP contribution is 2.30. The van der Waals surface area contributed by atoms with Gasteiger partial charge in [0.25, 0.3) is 11.8 Å². The highest BCUT2D eigenvalue weighted by atomic mass is 19.3. The number of aryl methyl sites for hydroxylation is 1. The second-order valence-corrected chi connectivity index (χ2v) is 12.2. The van der Waals surface area contributed by atoms with E-state index in [9.17, 15) is 13.6 Å². The van der Waals surface area contributed by atoms with Crippen LogP contribution in [0.3, 0.4) is 0 Å². The van der Waals surface area contributed by atoms with Gasteiger partial charge in [-0.25, -0.2) is 8.78 Å². The number of fused-ring (bicyclic) bond motifs is 1. The lowest BCUT2D eigenvalue weighted by atomic mass is 9.91. The van der Waals surface area contributed by atoms with E-state index in [0.717, 1.165) is 46.7 Å². The molecule has 2 aliphatic heterocycles. The number of nitrogens with one attached hydrogen (secondary N) is 2. The molecule has 3 aromatic heterocycles. The first-order valence-electron chi connectivity index (χ1n) is 15.3. The predicted molar refractivity (Wildman–Crippen MR) is 164 cm³/mol. The Morgan fingerprint density at radius 2 is 1.84 bits per heavy atom. The number of hydrogen-bond acceptors (Lipinski definition) is 6. The molecule has 4 aromatic rings. The molecule has 226 valence electrons. The number of pyridine rings is 2. The first-order chi connectivity index (χ1) is 20.8. The second-order valence-electron chi connectivity index (χ2n) is 12.2. The predicted octanol–water partition coefficient (Wildman–Crippen LogP) is 6.17. The summed E-state index contributed by atoms with van der Waals surface area (Å²) in [5.41, 5.74) is 5.48. The summed E-state index contributed by atoms with van der Waals surface area (Å²) >= 11 is 0. The molecule has 0 atom stereocenters. The number of halogens is 2. The molecule has 0 bridgehead atoms. The summed E-state index contributed by atoms with van der Waals surface area (Å²) in [5.74, 6) is -2.06. The van der Waals surface area contributed by atoms with Gasteiger partial charge in [-0.2, -0.15) is 5.10 Å². The largest absolute Gasteiger partial charge is 0.319 e. The van der Waals surface area contributed by atoms with Crippen molar-refractivity contribution in [1.82, 2.24) is 30.0 Å². The summed E-state index contributed by atoms with van der Waals surface area (Å²) in [6, 6.07) is 11.7. The number of likely N-dealkylation sites (tertiary alicyclic amines) is 2. The van der Waals surface area contributed by atoms with E-state index in [-0.39, 0.29) is 18.7 Å². The maximum absolute atomic E-state index is 13.6. The molecule has 0 spiro atoms. The van der Waals surface area contributed by atoms with Crippen molar-refractivity contribution in [3.8, 4) is 11.1 Å². The van der Waals surface area contributed by atoms with Crippen molar-refractivity contribution in [2.75, 3.05) is 38.5 Å². The van der Waals surface area contributed by atoms with E-state index in [0.29, 0.717) is 36.4 Å². The van der Waals surface area contributed by atoms with Gasteiger partial charge in [0.05, 0.1) is 17.4 Å². The minimum absolute atomic E-state index is 0.110. The third kappa shape index (κ3) is 7.43. The molecule has 2 fully saturated rings. The lowest BCUT2D eigenvalue weighted by molar-refractivity contribution is -0.0566. The van der Waals surface area contributed by atoms with Crippen LogP contribution < -0.4 is 5.32 Å². The Morgan fingerprint density at radius 1 is 1.02 bits per heavy atom. The third-order valence-electron chi connectivity index (χ3n) is 8.87. The first kappa shape index (κ1) is 29.3. The number of hydrogen-bond donors (Lipinski definition) is 2. The molecular formula is C33H39F2N7O. The fourth-order valence-corrected chi connectivity index (χ4v) is 6.15. The fraction of sp³-hybridized carbons (Fsp3) is 0.455. The summed E-state index contributed by atoms with van der Waals surface area (Å²) < 4.78 is 27.1. The molecule has 2 saturated heterocycles. The van der Waals surface area contributed by atoms with Gasteiger partial charge in [-0.1, -0.05) is 6.07 Å². The maximum Gasteiger partial charge on any atom is 0.276 e. The van der Waals surface area contributed by atoms with E-state index in [4.69, 9.17) is 0 Å². The van der Waals surface area contributed by atoms with Gasteiger partial charge in [0.2, 0.25) is 0 Å². The Bertz CT molecular complexity index is 1540. The highest BCUT2D eigenvalue weighted by Gasteiger charge is 2.33. The van der Waals surface area contributed by atoms with Gasteiger partial charge in [-0.15, -0.1) is 0 Å². The van der Waals surface area contributed by atoms with E-state index >= 15 is 0 Å². The van der Waals surface area contributed by atoms with Gasteiger partial charge < -0.3 is 10.2 Å². The monoisotopic (exact) mass is 587 g/mol. The Labute approximate surface area is 250 Å². The zero-order chi connectivity index (χ0) is 29.8. The molecule has 0 saturated carbocycles. The zero-order valence-electron chi connectivity index (χ0n) is 24.7. The molecule has 10 heteroatoms. The standard InChI is InChI=1S/C33H39F2N7O/c1-41-13-9-23(10-14-41)3-2-4-27-6-7-28(21-37-27)38-32(43)31-29-18-25(5-8-30(29)39-40-31)26-17-24(19-36-20-26)22-42-15-11-33(34,35)12-16-42/h5-8,17-21,23H,2-4,9-16,22H2,1H3,(H,38,43)(H,39,40). The Balaban J connectivity index is 1.08. The van der Waals surface area contributed by atoms with E-state index in [1.807, 2.05) is 41.3 Å². The van der Waals surface area contributed by atoms with Crippen molar-refractivity contribution in [2.45, 2.75) is 57.4 Å². The number of aromatic nitrogens is 4. The number of nitrogens with zero attached hydrogens (tertiary/aromatic N) is 5. The Morgan fingerprint density at radius 3 is 2.60 bits per heavy atom. The number of H-pyrrole nitrogens is 1. The van der Waals surface area contributed by atoms with E-state index < -0.39 is 5.92 Å². The molecule has 2 aliphatic rings. The lowest BCUT2D eigenvalue weighted by Crippen LogP contribution is -2.38. The van der Waals surface area contributed by atoms with Gasteiger partial charge in [0.15, 0.2) is 5.69 Å². The van der Waals surface area contributed by atoms with Crippen LogP contribution in [-0.2, 0) is 13.0 Å². The number of rotatable bonds is 9. The van der Waals surface area contributed by atoms with Crippen molar-refractivity contribution >= 4 is 22.5 Å². The quantitative estimate of drug-likeness (QED) is 0.244. The number of benzene rings is 1. The van der Waals surface area contributed by atoms with Crippen LogP contribution in [-0.4, -0.2) is 75.0 Å². The molecule has 6 rings (SSSR count). The molecule has 2 N–H and O–H groups in total. The number of carbonyl (C=O) groups is 1. The van der Waals surface area contributed by atoms with Crippen molar-refractivity contribution in [2.24, 2.45) is 5.92 Å². The molecule has 0 radical (unpaired) electrons. The van der Waals surface area contributed by atoms with Crippen LogP contribution in [0.4, 0.5) is 14.5 Å². The lowest BCUT2D eigenvalue weighted by Gasteiger charge is -2.31. The Kier molecular flexibility index (Phi) is 8.76. The summed E-state index contributed by atoms with van der Waals surface area (Å²) in [6.07, 6.45) is 10.9. The highest BCUT2D eigenvalue weighted by molar-refractivity contribution is 6.11.